The first-order valence-electron chi connectivity index (χ1n) is 6.51. The lowest BCUT2D eigenvalue weighted by atomic mass is 10.3. The number of amidine groups is 1. The van der Waals surface area contributed by atoms with Crippen LogP contribution >= 0.6 is 0 Å². The lowest BCUT2D eigenvalue weighted by molar-refractivity contribution is 0.410. The zero-order valence-electron chi connectivity index (χ0n) is 11.9. The minimum absolute atomic E-state index is 0.0130. The van der Waals surface area contributed by atoms with Crippen LogP contribution in [0.1, 0.15) is 25.8 Å². The summed E-state index contributed by atoms with van der Waals surface area (Å²) < 4.78 is 26.1. The molecule has 20 heavy (non-hydrogen) atoms. The fraction of sp³-hybridized carbons (Fsp3) is 0.538. The molecule has 0 bridgehead atoms. The van der Waals surface area contributed by atoms with Gasteiger partial charge >= 0.3 is 0 Å². The molecule has 112 valence electrons. The summed E-state index contributed by atoms with van der Waals surface area (Å²) >= 11 is 0. The summed E-state index contributed by atoms with van der Waals surface area (Å²) in [4.78, 5) is 3.99. The summed E-state index contributed by atoms with van der Waals surface area (Å²) in [6.07, 6.45) is 3.52. The molecule has 0 aliphatic heterocycles. The summed E-state index contributed by atoms with van der Waals surface area (Å²) in [5.41, 5.74) is 6.15. The van der Waals surface area contributed by atoms with Gasteiger partial charge in [-0.25, -0.2) is 8.42 Å². The lowest BCUT2D eigenvalue weighted by Crippen LogP contribution is -2.36. The van der Waals surface area contributed by atoms with E-state index in [1.807, 2.05) is 19.9 Å². The molecule has 0 fully saturated rings. The van der Waals surface area contributed by atoms with Crippen LogP contribution in [-0.4, -0.2) is 35.8 Å². The summed E-state index contributed by atoms with van der Waals surface area (Å²) in [5.74, 6) is 0.125. The molecule has 0 saturated carbocycles. The summed E-state index contributed by atoms with van der Waals surface area (Å²) in [5, 5.41) is 7.26. The number of sulfonamides is 1. The van der Waals surface area contributed by atoms with Gasteiger partial charge in [-0.05, 0) is 17.5 Å². The first kappa shape index (κ1) is 16.6. The van der Waals surface area contributed by atoms with E-state index in [1.165, 1.54) is 4.31 Å². The van der Waals surface area contributed by atoms with E-state index in [0.717, 1.165) is 5.56 Å². The van der Waals surface area contributed by atoms with Gasteiger partial charge < -0.3 is 5.73 Å². The van der Waals surface area contributed by atoms with Crippen molar-refractivity contribution in [3.05, 3.63) is 30.1 Å². The van der Waals surface area contributed by atoms with Gasteiger partial charge in [0.15, 0.2) is 0 Å². The number of hydrogen-bond donors (Lipinski definition) is 2. The predicted molar refractivity (Wildman–Crippen MR) is 79.8 cm³/mol. The topological polar surface area (TPSA) is 100 Å². The summed E-state index contributed by atoms with van der Waals surface area (Å²) in [6.45, 7) is 4.21. The van der Waals surface area contributed by atoms with Crippen LogP contribution in [-0.2, 0) is 16.6 Å². The van der Waals surface area contributed by atoms with Gasteiger partial charge in [0.05, 0.1) is 11.6 Å². The van der Waals surface area contributed by atoms with E-state index in [2.05, 4.69) is 4.98 Å². The molecular formula is C13H22N4O2S. The Hall–Kier alpha value is -1.47. The first-order valence-corrected chi connectivity index (χ1v) is 8.12. The van der Waals surface area contributed by atoms with Crippen molar-refractivity contribution in [2.45, 2.75) is 26.8 Å². The second kappa shape index (κ2) is 7.35. The van der Waals surface area contributed by atoms with Gasteiger partial charge in [-0.1, -0.05) is 19.9 Å². The predicted octanol–water partition coefficient (Wildman–Crippen LogP) is 1.20. The number of aromatic nitrogens is 1. The largest absolute Gasteiger partial charge is 0.388 e. The smallest absolute Gasteiger partial charge is 0.214 e. The standard InChI is InChI=1S/C13H22N4O2S/c1-11(2)10-20(18,19)17(7-5-13(14)15)9-12-4-3-6-16-8-12/h3-4,6,8,11H,5,7,9-10H2,1-2H3,(H3,14,15). The summed E-state index contributed by atoms with van der Waals surface area (Å²) in [6, 6.07) is 3.60. The van der Waals surface area contributed by atoms with Gasteiger partial charge in [0.2, 0.25) is 10.0 Å². The SMILES string of the molecule is CC(C)CS(=O)(=O)N(CCC(=N)N)Cc1cccnc1. The van der Waals surface area contributed by atoms with E-state index < -0.39 is 10.0 Å². The van der Waals surface area contributed by atoms with Crippen LogP contribution in [0.4, 0.5) is 0 Å². The van der Waals surface area contributed by atoms with Gasteiger partial charge in [-0.2, -0.15) is 4.31 Å². The van der Waals surface area contributed by atoms with Crippen LogP contribution in [0.5, 0.6) is 0 Å². The number of rotatable bonds is 8. The fourth-order valence-electron chi connectivity index (χ4n) is 1.78. The normalized spacial score (nSPS) is 12.0. The van der Waals surface area contributed by atoms with Crippen molar-refractivity contribution in [2.24, 2.45) is 11.7 Å². The quantitative estimate of drug-likeness (QED) is 0.556. The Morgan fingerprint density at radius 3 is 2.70 bits per heavy atom. The fourth-order valence-corrected chi connectivity index (χ4v) is 3.55. The van der Waals surface area contributed by atoms with Gasteiger partial charge in [0.1, 0.15) is 0 Å². The molecule has 0 unspecified atom stereocenters. The molecule has 0 saturated heterocycles. The van der Waals surface area contributed by atoms with Crippen molar-refractivity contribution < 1.29 is 8.42 Å². The highest BCUT2D eigenvalue weighted by Gasteiger charge is 2.23. The number of hydrogen-bond acceptors (Lipinski definition) is 4. The van der Waals surface area contributed by atoms with Crippen molar-refractivity contribution in [3.8, 4) is 0 Å². The molecule has 0 aromatic carbocycles. The third-order valence-corrected chi connectivity index (χ3v) is 4.84. The average molecular weight is 298 g/mol. The van der Waals surface area contributed by atoms with Crippen LogP contribution in [0.25, 0.3) is 0 Å². The molecule has 1 heterocycles. The number of nitrogens with one attached hydrogen (secondary N) is 1. The Labute approximate surface area is 120 Å². The lowest BCUT2D eigenvalue weighted by Gasteiger charge is -2.23. The third-order valence-electron chi connectivity index (χ3n) is 2.65. The Balaban J connectivity index is 2.87. The van der Waals surface area contributed by atoms with Crippen molar-refractivity contribution in [3.63, 3.8) is 0 Å². The first-order chi connectivity index (χ1) is 9.31. The van der Waals surface area contributed by atoms with E-state index in [9.17, 15) is 8.42 Å². The molecule has 1 rings (SSSR count). The Morgan fingerprint density at radius 1 is 1.50 bits per heavy atom. The van der Waals surface area contributed by atoms with Crippen molar-refractivity contribution in [1.82, 2.24) is 9.29 Å². The molecule has 0 radical (unpaired) electrons. The van der Waals surface area contributed by atoms with Gasteiger partial charge in [0, 0.05) is 31.9 Å². The highest BCUT2D eigenvalue weighted by Crippen LogP contribution is 2.12. The molecule has 6 nitrogen and oxygen atoms in total. The van der Waals surface area contributed by atoms with Crippen LogP contribution in [0.3, 0.4) is 0 Å². The molecule has 0 spiro atoms. The van der Waals surface area contributed by atoms with E-state index in [1.54, 1.807) is 18.5 Å². The maximum absolute atomic E-state index is 12.4. The van der Waals surface area contributed by atoms with Crippen LogP contribution < -0.4 is 5.73 Å². The number of nitrogens with zero attached hydrogens (tertiary/aromatic N) is 2. The maximum atomic E-state index is 12.4. The maximum Gasteiger partial charge on any atom is 0.214 e. The monoisotopic (exact) mass is 298 g/mol. The van der Waals surface area contributed by atoms with Crippen LogP contribution in [0, 0.1) is 11.3 Å². The van der Waals surface area contributed by atoms with Crippen molar-refractivity contribution >= 4 is 15.9 Å². The highest BCUT2D eigenvalue weighted by molar-refractivity contribution is 7.89. The molecule has 0 aliphatic rings. The number of pyridine rings is 1. The second-order valence-electron chi connectivity index (χ2n) is 5.14. The van der Waals surface area contributed by atoms with E-state index >= 15 is 0 Å². The van der Waals surface area contributed by atoms with Gasteiger partial charge in [-0.3, -0.25) is 10.4 Å². The molecule has 7 heteroatoms. The molecule has 0 amide bonds. The van der Waals surface area contributed by atoms with E-state index in [0.29, 0.717) is 0 Å². The van der Waals surface area contributed by atoms with Crippen molar-refractivity contribution in [1.29, 1.82) is 5.41 Å². The van der Waals surface area contributed by atoms with Crippen molar-refractivity contribution in [2.75, 3.05) is 12.3 Å². The molecule has 1 aromatic heterocycles. The molecule has 0 atom stereocenters. The molecular weight excluding hydrogens is 276 g/mol. The van der Waals surface area contributed by atoms with Crippen LogP contribution in [0.2, 0.25) is 0 Å². The molecule has 3 N–H and O–H groups in total. The highest BCUT2D eigenvalue weighted by atomic mass is 32.2. The molecule has 1 aromatic rings. The Morgan fingerprint density at radius 2 is 2.20 bits per heavy atom. The summed E-state index contributed by atoms with van der Waals surface area (Å²) in [7, 11) is -3.36. The Bertz CT molecular complexity index is 529. The van der Waals surface area contributed by atoms with E-state index in [4.69, 9.17) is 11.1 Å². The average Bonchev–Trinajstić information content (AvgIpc) is 2.33. The second-order valence-corrected chi connectivity index (χ2v) is 7.16. The van der Waals surface area contributed by atoms with E-state index in [-0.39, 0.29) is 37.0 Å². The minimum Gasteiger partial charge on any atom is -0.388 e. The number of nitrogens with two attached hydrogens (primary N) is 1. The van der Waals surface area contributed by atoms with Gasteiger partial charge in [-0.15, -0.1) is 0 Å². The zero-order valence-corrected chi connectivity index (χ0v) is 12.7. The Kier molecular flexibility index (Phi) is 6.09. The van der Waals surface area contributed by atoms with Gasteiger partial charge in [0.25, 0.3) is 0 Å². The van der Waals surface area contributed by atoms with Crippen LogP contribution in [0.15, 0.2) is 24.5 Å². The molecule has 0 aliphatic carbocycles. The zero-order chi connectivity index (χ0) is 15.2. The minimum atomic E-state index is -3.36. The third kappa shape index (κ3) is 5.66.